The lowest BCUT2D eigenvalue weighted by Gasteiger charge is -2.35. The normalized spacial score (nSPS) is 28.4. The Morgan fingerprint density at radius 2 is 2.11 bits per heavy atom. The highest BCUT2D eigenvalue weighted by Crippen LogP contribution is 2.40. The first-order valence-corrected chi connectivity index (χ1v) is 9.50. The maximum Gasteiger partial charge on any atom is 0.0873 e. The van der Waals surface area contributed by atoms with Crippen LogP contribution in [0.5, 0.6) is 0 Å². The van der Waals surface area contributed by atoms with E-state index in [1.54, 1.807) is 0 Å². The lowest BCUT2D eigenvalue weighted by Crippen LogP contribution is -2.31. The molecule has 1 heterocycles. The Kier molecular flexibility index (Phi) is 6.30. The summed E-state index contributed by atoms with van der Waals surface area (Å²) in [6.45, 7) is 3.26. The minimum absolute atomic E-state index is 0.548. The Hall–Kier alpha value is 0.240. The van der Waals surface area contributed by atoms with Crippen LogP contribution in [0.15, 0.2) is 11.8 Å². The third kappa shape index (κ3) is 4.41. The molecule has 0 N–H and O–H groups in total. The van der Waals surface area contributed by atoms with Crippen LogP contribution in [0.4, 0.5) is 0 Å². The van der Waals surface area contributed by atoms with Gasteiger partial charge >= 0.3 is 0 Å². The van der Waals surface area contributed by atoms with E-state index < -0.39 is 0 Å². The second kappa shape index (κ2) is 7.74. The molecule has 0 aromatic heterocycles. The van der Waals surface area contributed by atoms with E-state index in [0.29, 0.717) is 4.75 Å². The predicted molar refractivity (Wildman–Crippen MR) is 84.5 cm³/mol. The van der Waals surface area contributed by atoms with Crippen LogP contribution in [0.2, 0.25) is 0 Å². The Balaban J connectivity index is 1.62. The molecule has 0 aromatic rings. The molecule has 0 spiro atoms. The molecule has 18 heavy (non-hydrogen) atoms. The van der Waals surface area contributed by atoms with Gasteiger partial charge in [-0.25, -0.2) is 0 Å². The molecule has 0 bridgehead atoms. The fourth-order valence-corrected chi connectivity index (χ4v) is 5.92. The van der Waals surface area contributed by atoms with Crippen LogP contribution < -0.4 is 0 Å². The number of rotatable bonds is 6. The lowest BCUT2D eigenvalue weighted by molar-refractivity contribution is 0.233. The van der Waals surface area contributed by atoms with Gasteiger partial charge in [0, 0.05) is 22.0 Å². The molecule has 2 rings (SSSR count). The first-order valence-electron chi connectivity index (χ1n) is 7.36. The van der Waals surface area contributed by atoms with Crippen LogP contribution >= 0.6 is 23.5 Å². The molecule has 0 radical (unpaired) electrons. The van der Waals surface area contributed by atoms with Crippen LogP contribution in [-0.2, 0) is 4.74 Å². The van der Waals surface area contributed by atoms with Gasteiger partial charge in [0.1, 0.15) is 0 Å². The predicted octanol–water partition coefficient (Wildman–Crippen LogP) is 4.87. The highest BCUT2D eigenvalue weighted by molar-refractivity contribution is 8.07. The fourth-order valence-electron chi connectivity index (χ4n) is 2.74. The lowest BCUT2D eigenvalue weighted by atomic mass is 10.0. The Labute approximate surface area is 121 Å². The fraction of sp³-hybridized carbons (Fsp3) is 0.867. The number of allylic oxidation sites excluding steroid dienone is 1. The van der Waals surface area contributed by atoms with Gasteiger partial charge in [0.25, 0.3) is 0 Å². The van der Waals surface area contributed by atoms with E-state index in [1.165, 1.54) is 67.8 Å². The second-order valence-corrected chi connectivity index (χ2v) is 8.06. The van der Waals surface area contributed by atoms with Crippen molar-refractivity contribution in [2.45, 2.75) is 56.6 Å². The Morgan fingerprint density at radius 3 is 2.78 bits per heavy atom. The summed E-state index contributed by atoms with van der Waals surface area (Å²) in [6, 6.07) is 0. The van der Waals surface area contributed by atoms with Crippen LogP contribution in [0, 0.1) is 0 Å². The zero-order valence-electron chi connectivity index (χ0n) is 11.6. The van der Waals surface area contributed by atoms with Crippen LogP contribution in [0.3, 0.4) is 0 Å². The van der Waals surface area contributed by atoms with Gasteiger partial charge in [0.05, 0.1) is 12.9 Å². The Morgan fingerprint density at radius 1 is 1.28 bits per heavy atom. The Bertz CT molecular complexity index is 262. The molecule has 1 aliphatic carbocycles. The zero-order chi connectivity index (χ0) is 12.7. The smallest absolute Gasteiger partial charge is 0.0873 e. The largest absolute Gasteiger partial charge is 0.501 e. The molecular weight excluding hydrogens is 260 g/mol. The van der Waals surface area contributed by atoms with E-state index in [9.17, 15) is 0 Å². The van der Waals surface area contributed by atoms with Gasteiger partial charge in [0.15, 0.2) is 0 Å². The highest BCUT2D eigenvalue weighted by Gasteiger charge is 2.30. The summed E-state index contributed by atoms with van der Waals surface area (Å²) in [6.07, 6.45) is 11.2. The molecule has 1 aliphatic heterocycles. The minimum Gasteiger partial charge on any atom is -0.501 e. The number of ether oxygens (including phenoxy) is 1. The third-order valence-corrected chi connectivity index (χ3v) is 7.38. The van der Waals surface area contributed by atoms with Crippen LogP contribution in [-0.4, -0.2) is 28.6 Å². The maximum absolute atomic E-state index is 5.72. The van der Waals surface area contributed by atoms with Crippen molar-refractivity contribution >= 4 is 23.5 Å². The monoisotopic (exact) mass is 286 g/mol. The SMILES string of the molecule is CCC1(CCCOC=C2CCCC2)CSCCS1. The van der Waals surface area contributed by atoms with Crippen molar-refractivity contribution in [3.8, 4) is 0 Å². The first kappa shape index (κ1) is 14.6. The highest BCUT2D eigenvalue weighted by atomic mass is 32.2. The van der Waals surface area contributed by atoms with Gasteiger partial charge in [-0.05, 0) is 50.5 Å². The van der Waals surface area contributed by atoms with Crippen LogP contribution in [0.25, 0.3) is 0 Å². The molecule has 3 heteroatoms. The van der Waals surface area contributed by atoms with Crippen molar-refractivity contribution in [2.24, 2.45) is 0 Å². The quantitative estimate of drug-likeness (QED) is 0.509. The summed E-state index contributed by atoms with van der Waals surface area (Å²) < 4.78 is 6.27. The summed E-state index contributed by atoms with van der Waals surface area (Å²) in [5.41, 5.74) is 1.53. The topological polar surface area (TPSA) is 9.23 Å². The summed E-state index contributed by atoms with van der Waals surface area (Å²) in [4.78, 5) is 0. The van der Waals surface area contributed by atoms with Gasteiger partial charge in [-0.1, -0.05) is 6.92 Å². The average Bonchev–Trinajstić information content (AvgIpc) is 2.93. The average molecular weight is 287 g/mol. The second-order valence-electron chi connectivity index (χ2n) is 5.40. The molecule has 0 amide bonds. The molecular formula is C15H26OS2. The molecule has 1 saturated heterocycles. The standard InChI is InChI=1S/C15H26OS2/c1-2-15(13-17-10-11-18-15)8-5-9-16-12-14-6-3-4-7-14/h12H,2-11,13H2,1H3. The van der Waals surface area contributed by atoms with Crippen LogP contribution in [0.1, 0.15) is 51.9 Å². The summed E-state index contributed by atoms with van der Waals surface area (Å²) in [7, 11) is 0. The van der Waals surface area contributed by atoms with Gasteiger partial charge < -0.3 is 4.74 Å². The van der Waals surface area contributed by atoms with Crippen molar-refractivity contribution in [3.05, 3.63) is 11.8 Å². The summed E-state index contributed by atoms with van der Waals surface area (Å²) >= 11 is 4.34. The molecule has 1 saturated carbocycles. The van der Waals surface area contributed by atoms with Crippen molar-refractivity contribution in [1.29, 1.82) is 0 Å². The van der Waals surface area contributed by atoms with Gasteiger partial charge in [-0.2, -0.15) is 23.5 Å². The zero-order valence-corrected chi connectivity index (χ0v) is 13.2. The van der Waals surface area contributed by atoms with E-state index in [0.717, 1.165) is 6.61 Å². The van der Waals surface area contributed by atoms with E-state index in [2.05, 4.69) is 30.4 Å². The molecule has 2 fully saturated rings. The molecule has 1 nitrogen and oxygen atoms in total. The van der Waals surface area contributed by atoms with Crippen molar-refractivity contribution in [1.82, 2.24) is 0 Å². The number of hydrogen-bond acceptors (Lipinski definition) is 3. The van der Waals surface area contributed by atoms with Crippen molar-refractivity contribution in [3.63, 3.8) is 0 Å². The van der Waals surface area contributed by atoms with Crippen molar-refractivity contribution < 1.29 is 4.74 Å². The van der Waals surface area contributed by atoms with Crippen molar-refractivity contribution in [2.75, 3.05) is 23.9 Å². The third-order valence-electron chi connectivity index (χ3n) is 4.04. The van der Waals surface area contributed by atoms with Gasteiger partial charge in [-0.3, -0.25) is 0 Å². The summed E-state index contributed by atoms with van der Waals surface area (Å²) in [5, 5.41) is 0. The minimum atomic E-state index is 0.548. The summed E-state index contributed by atoms with van der Waals surface area (Å²) in [5.74, 6) is 4.02. The molecule has 1 unspecified atom stereocenters. The first-order chi connectivity index (χ1) is 8.85. The van der Waals surface area contributed by atoms with E-state index in [4.69, 9.17) is 4.74 Å². The number of hydrogen-bond donors (Lipinski definition) is 0. The number of thioether (sulfide) groups is 2. The molecule has 104 valence electrons. The molecule has 0 aromatic carbocycles. The van der Waals surface area contributed by atoms with E-state index >= 15 is 0 Å². The molecule has 1 atom stereocenters. The van der Waals surface area contributed by atoms with E-state index in [-0.39, 0.29) is 0 Å². The van der Waals surface area contributed by atoms with Gasteiger partial charge in [-0.15, -0.1) is 0 Å². The maximum atomic E-state index is 5.72. The van der Waals surface area contributed by atoms with E-state index in [1.807, 2.05) is 6.26 Å². The van der Waals surface area contributed by atoms with Gasteiger partial charge in [0.2, 0.25) is 0 Å². The molecule has 2 aliphatic rings.